The number of primary sulfonamides is 1. The Morgan fingerprint density at radius 2 is 1.95 bits per heavy atom. The maximum atomic E-state index is 13.0. The summed E-state index contributed by atoms with van der Waals surface area (Å²) < 4.78 is 35.7. The second kappa shape index (κ2) is 6.01. The molecule has 0 atom stereocenters. The van der Waals surface area contributed by atoms with Crippen LogP contribution in [0.2, 0.25) is 5.02 Å². The first-order chi connectivity index (χ1) is 9.77. The van der Waals surface area contributed by atoms with Gasteiger partial charge in [0.2, 0.25) is 10.0 Å². The molecule has 3 N–H and O–H groups in total. The molecular weight excluding hydrogens is 315 g/mol. The molecule has 0 saturated heterocycles. The lowest BCUT2D eigenvalue weighted by Gasteiger charge is -2.12. The highest BCUT2D eigenvalue weighted by Gasteiger charge is 2.10. The van der Waals surface area contributed by atoms with Crippen LogP contribution in [0.15, 0.2) is 41.3 Å². The molecule has 4 nitrogen and oxygen atoms in total. The zero-order valence-corrected chi connectivity index (χ0v) is 12.8. The Kier molecular flexibility index (Phi) is 4.51. The Bertz CT molecular complexity index is 779. The Morgan fingerprint density at radius 1 is 1.24 bits per heavy atom. The summed E-state index contributed by atoms with van der Waals surface area (Å²) in [6, 6.07) is 8.68. The van der Waals surface area contributed by atoms with E-state index in [1.807, 2.05) is 6.92 Å². The van der Waals surface area contributed by atoms with Crippen molar-refractivity contribution in [2.75, 3.05) is 5.32 Å². The fourth-order valence-corrected chi connectivity index (χ4v) is 2.60. The van der Waals surface area contributed by atoms with Crippen molar-refractivity contribution >= 4 is 27.3 Å². The minimum atomic E-state index is -3.75. The summed E-state index contributed by atoms with van der Waals surface area (Å²) in [6.45, 7) is 2.18. The van der Waals surface area contributed by atoms with Gasteiger partial charge < -0.3 is 5.32 Å². The molecule has 7 heteroatoms. The second-order valence-corrected chi connectivity index (χ2v) is 6.58. The van der Waals surface area contributed by atoms with Crippen molar-refractivity contribution in [2.24, 2.45) is 5.14 Å². The summed E-state index contributed by atoms with van der Waals surface area (Å²) in [5.41, 5.74) is 2.20. The average molecular weight is 329 g/mol. The minimum Gasteiger partial charge on any atom is -0.381 e. The predicted molar refractivity (Wildman–Crippen MR) is 81.3 cm³/mol. The van der Waals surface area contributed by atoms with Gasteiger partial charge in [-0.3, -0.25) is 0 Å². The molecule has 21 heavy (non-hydrogen) atoms. The van der Waals surface area contributed by atoms with Crippen molar-refractivity contribution < 1.29 is 12.8 Å². The average Bonchev–Trinajstić information content (AvgIpc) is 2.38. The fraction of sp³-hybridized carbons (Fsp3) is 0.143. The summed E-state index contributed by atoms with van der Waals surface area (Å²) in [5.74, 6) is -0.406. The number of nitrogens with two attached hydrogens (primary N) is 1. The molecule has 112 valence electrons. The number of benzene rings is 2. The van der Waals surface area contributed by atoms with Crippen LogP contribution in [0.25, 0.3) is 0 Å². The molecule has 0 aliphatic carbocycles. The summed E-state index contributed by atoms with van der Waals surface area (Å²) in [6.07, 6.45) is 0. The van der Waals surface area contributed by atoms with Crippen LogP contribution in [0.4, 0.5) is 10.1 Å². The standard InChI is InChI=1S/C14H14ClFN2O2S/c1-9-2-5-12(21(17,19)20)7-14(9)18-8-10-3-4-11(16)6-13(10)15/h2-7,18H,8H2,1H3,(H2,17,19,20). The molecule has 0 unspecified atom stereocenters. The van der Waals surface area contributed by atoms with Gasteiger partial charge in [-0.1, -0.05) is 23.7 Å². The number of hydrogen-bond donors (Lipinski definition) is 2. The summed E-state index contributed by atoms with van der Waals surface area (Å²) in [7, 11) is -3.75. The van der Waals surface area contributed by atoms with Gasteiger partial charge in [-0.25, -0.2) is 17.9 Å². The van der Waals surface area contributed by atoms with Crippen LogP contribution < -0.4 is 10.5 Å². The topological polar surface area (TPSA) is 72.2 Å². The van der Waals surface area contributed by atoms with Crippen LogP contribution in [-0.4, -0.2) is 8.42 Å². The van der Waals surface area contributed by atoms with Crippen molar-refractivity contribution in [1.29, 1.82) is 0 Å². The fourth-order valence-electron chi connectivity index (χ4n) is 1.82. The highest BCUT2D eigenvalue weighted by atomic mass is 35.5. The first kappa shape index (κ1) is 15.8. The molecule has 2 aromatic carbocycles. The van der Waals surface area contributed by atoms with Crippen LogP contribution in [0.3, 0.4) is 0 Å². The molecule has 0 radical (unpaired) electrons. The molecule has 0 saturated carbocycles. The number of hydrogen-bond acceptors (Lipinski definition) is 3. The van der Waals surface area contributed by atoms with Crippen molar-refractivity contribution in [3.05, 3.63) is 58.4 Å². The van der Waals surface area contributed by atoms with Crippen molar-refractivity contribution in [3.8, 4) is 0 Å². The normalized spacial score (nSPS) is 11.4. The zero-order chi connectivity index (χ0) is 15.6. The van der Waals surface area contributed by atoms with E-state index < -0.39 is 15.8 Å². The molecule has 0 heterocycles. The summed E-state index contributed by atoms with van der Waals surface area (Å²) in [4.78, 5) is 0.0285. The third kappa shape index (κ3) is 3.93. The van der Waals surface area contributed by atoms with Crippen molar-refractivity contribution in [2.45, 2.75) is 18.4 Å². The first-order valence-corrected chi connectivity index (χ1v) is 8.01. The van der Waals surface area contributed by atoms with E-state index in [1.54, 1.807) is 12.1 Å². The molecule has 0 aliphatic heterocycles. The molecular formula is C14H14ClFN2O2S. The van der Waals surface area contributed by atoms with Gasteiger partial charge in [-0.05, 0) is 42.3 Å². The molecule has 0 aliphatic rings. The third-order valence-corrected chi connectivity index (χ3v) is 4.28. The molecule has 0 fully saturated rings. The van der Waals surface area contributed by atoms with E-state index in [0.29, 0.717) is 22.8 Å². The van der Waals surface area contributed by atoms with Crippen LogP contribution in [0.5, 0.6) is 0 Å². The van der Waals surface area contributed by atoms with Crippen LogP contribution in [0, 0.1) is 12.7 Å². The summed E-state index contributed by atoms with van der Waals surface area (Å²) in [5, 5.41) is 8.49. The Morgan fingerprint density at radius 3 is 2.57 bits per heavy atom. The molecule has 2 aromatic rings. The molecule has 0 aromatic heterocycles. The second-order valence-electron chi connectivity index (χ2n) is 4.61. The van der Waals surface area contributed by atoms with Crippen LogP contribution in [0.1, 0.15) is 11.1 Å². The number of nitrogens with one attached hydrogen (secondary N) is 1. The van der Waals surface area contributed by atoms with Crippen molar-refractivity contribution in [3.63, 3.8) is 0 Å². The highest BCUT2D eigenvalue weighted by Crippen LogP contribution is 2.22. The first-order valence-electron chi connectivity index (χ1n) is 6.08. The Hall–Kier alpha value is -1.63. The van der Waals surface area contributed by atoms with Gasteiger partial charge in [-0.2, -0.15) is 0 Å². The monoisotopic (exact) mass is 328 g/mol. The third-order valence-electron chi connectivity index (χ3n) is 3.02. The van der Waals surface area contributed by atoms with Gasteiger partial charge in [0.05, 0.1) is 4.90 Å². The maximum Gasteiger partial charge on any atom is 0.238 e. The quantitative estimate of drug-likeness (QED) is 0.906. The van der Waals surface area contributed by atoms with E-state index in [9.17, 15) is 12.8 Å². The lowest BCUT2D eigenvalue weighted by molar-refractivity contribution is 0.598. The smallest absolute Gasteiger partial charge is 0.238 e. The zero-order valence-electron chi connectivity index (χ0n) is 11.2. The van der Waals surface area contributed by atoms with E-state index in [1.165, 1.54) is 24.3 Å². The van der Waals surface area contributed by atoms with Gasteiger partial charge in [0, 0.05) is 17.3 Å². The molecule has 0 bridgehead atoms. The SMILES string of the molecule is Cc1ccc(S(N)(=O)=O)cc1NCc1ccc(F)cc1Cl. The summed E-state index contributed by atoms with van der Waals surface area (Å²) >= 11 is 5.94. The number of sulfonamides is 1. The largest absolute Gasteiger partial charge is 0.381 e. The number of aryl methyl sites for hydroxylation is 1. The predicted octanol–water partition coefficient (Wildman–Crippen LogP) is 3.05. The minimum absolute atomic E-state index is 0.0285. The van der Waals surface area contributed by atoms with Crippen LogP contribution in [-0.2, 0) is 16.6 Å². The lowest BCUT2D eigenvalue weighted by atomic mass is 10.1. The van der Waals surface area contributed by atoms with E-state index in [0.717, 1.165) is 5.56 Å². The van der Waals surface area contributed by atoms with Crippen LogP contribution >= 0.6 is 11.6 Å². The van der Waals surface area contributed by atoms with E-state index in [-0.39, 0.29) is 4.90 Å². The van der Waals surface area contributed by atoms with Gasteiger partial charge in [-0.15, -0.1) is 0 Å². The van der Waals surface area contributed by atoms with Crippen molar-refractivity contribution in [1.82, 2.24) is 0 Å². The van der Waals surface area contributed by atoms with E-state index in [2.05, 4.69) is 5.32 Å². The molecule has 0 spiro atoms. The molecule has 0 amide bonds. The van der Waals surface area contributed by atoms with Gasteiger partial charge in [0.25, 0.3) is 0 Å². The van der Waals surface area contributed by atoms with Gasteiger partial charge >= 0.3 is 0 Å². The van der Waals surface area contributed by atoms with Gasteiger partial charge in [0.1, 0.15) is 5.82 Å². The lowest BCUT2D eigenvalue weighted by Crippen LogP contribution is -2.13. The number of anilines is 1. The van der Waals surface area contributed by atoms with E-state index >= 15 is 0 Å². The Balaban J connectivity index is 2.23. The van der Waals surface area contributed by atoms with Gasteiger partial charge in [0.15, 0.2) is 0 Å². The number of halogens is 2. The van der Waals surface area contributed by atoms with E-state index in [4.69, 9.17) is 16.7 Å². The maximum absolute atomic E-state index is 13.0. The Labute approximate surface area is 127 Å². The number of rotatable bonds is 4. The highest BCUT2D eigenvalue weighted by molar-refractivity contribution is 7.89. The molecule has 2 rings (SSSR count).